The van der Waals surface area contributed by atoms with Gasteiger partial charge in [-0.15, -0.1) is 0 Å². The van der Waals surface area contributed by atoms with Crippen LogP contribution in [0.3, 0.4) is 0 Å². The molecule has 2 rings (SSSR count). The van der Waals surface area contributed by atoms with Crippen LogP contribution in [0.25, 0.3) is 0 Å². The summed E-state index contributed by atoms with van der Waals surface area (Å²) < 4.78 is 0. The number of aliphatic hydroxyl groups is 1. The van der Waals surface area contributed by atoms with Gasteiger partial charge in [-0.05, 0) is 18.6 Å². The van der Waals surface area contributed by atoms with E-state index in [4.69, 9.17) is 0 Å². The van der Waals surface area contributed by atoms with Crippen LogP contribution in [-0.4, -0.2) is 41.7 Å². The van der Waals surface area contributed by atoms with E-state index in [9.17, 15) is 9.90 Å². The third-order valence-electron chi connectivity index (χ3n) is 3.20. The molecule has 2 heterocycles. The number of nitrogens with zero attached hydrogens (tertiary/aromatic N) is 1. The van der Waals surface area contributed by atoms with E-state index in [1.807, 2.05) is 18.2 Å². The van der Waals surface area contributed by atoms with Crippen LogP contribution in [0.15, 0.2) is 24.4 Å². The van der Waals surface area contributed by atoms with Gasteiger partial charge in [-0.25, -0.2) is 0 Å². The number of aromatic nitrogens is 1. The number of nitrogens with one attached hydrogen (secondary N) is 2. The highest BCUT2D eigenvalue weighted by Crippen LogP contribution is 2.07. The molecule has 0 saturated carbocycles. The van der Waals surface area contributed by atoms with Gasteiger partial charge in [0, 0.05) is 43.9 Å². The number of hydrogen-bond donors (Lipinski definition) is 3. The maximum atomic E-state index is 11.6. The lowest BCUT2D eigenvalue weighted by Gasteiger charge is -2.13. The van der Waals surface area contributed by atoms with Gasteiger partial charge in [-0.3, -0.25) is 9.78 Å². The molecule has 98 valence electrons. The Balaban J connectivity index is 1.66. The zero-order chi connectivity index (χ0) is 12.8. The quantitative estimate of drug-likeness (QED) is 0.670. The van der Waals surface area contributed by atoms with Gasteiger partial charge in [0.1, 0.15) is 0 Å². The van der Waals surface area contributed by atoms with Crippen molar-refractivity contribution in [2.45, 2.75) is 18.9 Å². The molecule has 18 heavy (non-hydrogen) atoms. The SMILES string of the molecule is O=C(CCc1ccccn1)NCC1CNCC1O. The molecule has 0 spiro atoms. The van der Waals surface area contributed by atoms with Crippen LogP contribution in [0.2, 0.25) is 0 Å². The molecule has 5 nitrogen and oxygen atoms in total. The average Bonchev–Trinajstić information content (AvgIpc) is 2.81. The van der Waals surface area contributed by atoms with Gasteiger partial charge in [0.05, 0.1) is 6.10 Å². The van der Waals surface area contributed by atoms with Crippen molar-refractivity contribution in [3.05, 3.63) is 30.1 Å². The molecular weight excluding hydrogens is 230 g/mol. The van der Waals surface area contributed by atoms with E-state index in [0.29, 0.717) is 25.9 Å². The van der Waals surface area contributed by atoms with Gasteiger partial charge in [-0.1, -0.05) is 6.07 Å². The van der Waals surface area contributed by atoms with Gasteiger partial charge in [0.25, 0.3) is 0 Å². The van der Waals surface area contributed by atoms with E-state index < -0.39 is 0 Å². The number of rotatable bonds is 5. The number of aryl methyl sites for hydroxylation is 1. The Labute approximate surface area is 107 Å². The first-order chi connectivity index (χ1) is 8.75. The van der Waals surface area contributed by atoms with Crippen molar-refractivity contribution >= 4 is 5.91 Å². The predicted molar refractivity (Wildman–Crippen MR) is 67.9 cm³/mol. The van der Waals surface area contributed by atoms with Gasteiger partial charge in [0.15, 0.2) is 0 Å². The van der Waals surface area contributed by atoms with E-state index in [1.165, 1.54) is 0 Å². The standard InChI is InChI=1S/C13H19N3O2/c17-12-9-14-7-10(12)8-16-13(18)5-4-11-3-1-2-6-15-11/h1-3,6,10,12,14,17H,4-5,7-9H2,(H,16,18). The van der Waals surface area contributed by atoms with Gasteiger partial charge in [-0.2, -0.15) is 0 Å². The third kappa shape index (κ3) is 3.78. The summed E-state index contributed by atoms with van der Waals surface area (Å²) in [6, 6.07) is 5.69. The highest BCUT2D eigenvalue weighted by molar-refractivity contribution is 5.76. The second-order valence-electron chi connectivity index (χ2n) is 4.61. The van der Waals surface area contributed by atoms with Gasteiger partial charge < -0.3 is 15.7 Å². The summed E-state index contributed by atoms with van der Waals surface area (Å²) in [6.45, 7) is 1.92. The van der Waals surface area contributed by atoms with Crippen LogP contribution in [0.1, 0.15) is 12.1 Å². The molecule has 0 aliphatic carbocycles. The Morgan fingerprint density at radius 2 is 2.39 bits per heavy atom. The van der Waals surface area contributed by atoms with Crippen molar-refractivity contribution in [2.24, 2.45) is 5.92 Å². The van der Waals surface area contributed by atoms with Gasteiger partial charge >= 0.3 is 0 Å². The lowest BCUT2D eigenvalue weighted by atomic mass is 10.1. The van der Waals surface area contributed by atoms with Gasteiger partial charge in [0.2, 0.25) is 5.91 Å². The van der Waals surface area contributed by atoms with Crippen LogP contribution >= 0.6 is 0 Å². The summed E-state index contributed by atoms with van der Waals surface area (Å²) in [5.41, 5.74) is 0.926. The fourth-order valence-corrected chi connectivity index (χ4v) is 2.05. The molecule has 1 fully saturated rings. The number of β-amino-alcohol motifs (C(OH)–C–C–N with tert-alkyl or cyclic N) is 1. The molecule has 2 unspecified atom stereocenters. The molecule has 0 aromatic carbocycles. The second kappa shape index (κ2) is 6.47. The first-order valence-electron chi connectivity index (χ1n) is 6.31. The maximum Gasteiger partial charge on any atom is 0.220 e. The molecule has 1 aromatic rings. The van der Waals surface area contributed by atoms with Crippen LogP contribution in [0, 0.1) is 5.92 Å². The van der Waals surface area contributed by atoms with Crippen molar-refractivity contribution in [1.29, 1.82) is 0 Å². The highest BCUT2D eigenvalue weighted by Gasteiger charge is 2.24. The molecule has 5 heteroatoms. The fraction of sp³-hybridized carbons (Fsp3) is 0.538. The summed E-state index contributed by atoms with van der Waals surface area (Å²) in [6.07, 6.45) is 2.47. The van der Waals surface area contributed by atoms with Crippen molar-refractivity contribution in [3.8, 4) is 0 Å². The van der Waals surface area contributed by atoms with Crippen LogP contribution < -0.4 is 10.6 Å². The van der Waals surface area contributed by atoms with E-state index in [0.717, 1.165) is 12.2 Å². The number of hydrogen-bond acceptors (Lipinski definition) is 4. The second-order valence-corrected chi connectivity index (χ2v) is 4.61. The summed E-state index contributed by atoms with van der Waals surface area (Å²) >= 11 is 0. The zero-order valence-corrected chi connectivity index (χ0v) is 10.3. The Hall–Kier alpha value is -1.46. The van der Waals surface area contributed by atoms with Crippen LogP contribution in [0.4, 0.5) is 0 Å². The van der Waals surface area contributed by atoms with E-state index >= 15 is 0 Å². The first-order valence-corrected chi connectivity index (χ1v) is 6.31. The van der Waals surface area contributed by atoms with E-state index in [-0.39, 0.29) is 17.9 Å². The Morgan fingerprint density at radius 3 is 3.06 bits per heavy atom. The van der Waals surface area contributed by atoms with E-state index in [2.05, 4.69) is 15.6 Å². The third-order valence-corrected chi connectivity index (χ3v) is 3.20. The fourth-order valence-electron chi connectivity index (χ4n) is 2.05. The zero-order valence-electron chi connectivity index (χ0n) is 10.3. The van der Waals surface area contributed by atoms with E-state index in [1.54, 1.807) is 6.20 Å². The predicted octanol–water partition coefficient (Wildman–Crippen LogP) is -0.289. The molecular formula is C13H19N3O2. The summed E-state index contributed by atoms with van der Waals surface area (Å²) in [7, 11) is 0. The minimum Gasteiger partial charge on any atom is -0.391 e. The highest BCUT2D eigenvalue weighted by atomic mass is 16.3. The molecule has 1 aromatic heterocycles. The minimum absolute atomic E-state index is 0.0137. The number of pyridine rings is 1. The summed E-state index contributed by atoms with van der Waals surface area (Å²) in [4.78, 5) is 15.8. The number of amides is 1. The molecule has 0 bridgehead atoms. The number of carbonyl (C=O) groups is 1. The Kier molecular flexibility index (Phi) is 4.66. The van der Waals surface area contributed by atoms with Crippen LogP contribution in [0.5, 0.6) is 0 Å². The normalized spacial score (nSPS) is 22.9. The minimum atomic E-state index is -0.346. The lowest BCUT2D eigenvalue weighted by Crippen LogP contribution is -2.34. The topological polar surface area (TPSA) is 74.2 Å². The molecule has 2 atom stereocenters. The maximum absolute atomic E-state index is 11.6. The smallest absolute Gasteiger partial charge is 0.220 e. The largest absolute Gasteiger partial charge is 0.391 e. The molecule has 0 radical (unpaired) electrons. The van der Waals surface area contributed by atoms with Crippen molar-refractivity contribution in [2.75, 3.05) is 19.6 Å². The van der Waals surface area contributed by atoms with Crippen LogP contribution in [-0.2, 0) is 11.2 Å². The molecule has 1 saturated heterocycles. The summed E-state index contributed by atoms with van der Waals surface area (Å²) in [5, 5.41) is 15.5. The Morgan fingerprint density at radius 1 is 1.50 bits per heavy atom. The first kappa shape index (κ1) is 13.0. The number of carbonyl (C=O) groups excluding carboxylic acids is 1. The lowest BCUT2D eigenvalue weighted by molar-refractivity contribution is -0.121. The molecule has 3 N–H and O–H groups in total. The molecule has 1 aliphatic rings. The van der Waals surface area contributed by atoms with Crippen molar-refractivity contribution in [3.63, 3.8) is 0 Å². The molecule has 1 aliphatic heterocycles. The van der Waals surface area contributed by atoms with Crippen molar-refractivity contribution in [1.82, 2.24) is 15.6 Å². The summed E-state index contributed by atoms with van der Waals surface area (Å²) in [5.74, 6) is 0.142. The molecule has 1 amide bonds. The average molecular weight is 249 g/mol. The van der Waals surface area contributed by atoms with Crippen molar-refractivity contribution < 1.29 is 9.90 Å². The number of aliphatic hydroxyl groups excluding tert-OH is 1. The monoisotopic (exact) mass is 249 g/mol. The Bertz CT molecular complexity index is 383.